The van der Waals surface area contributed by atoms with Crippen LogP contribution in [0.25, 0.3) is 5.69 Å². The molecule has 1 aromatic carbocycles. The molecule has 2 N–H and O–H groups in total. The highest BCUT2D eigenvalue weighted by molar-refractivity contribution is 6.32. The minimum absolute atomic E-state index is 0.0181. The van der Waals surface area contributed by atoms with Gasteiger partial charge >= 0.3 is 0 Å². The number of aromatic nitrogens is 3. The summed E-state index contributed by atoms with van der Waals surface area (Å²) in [7, 11) is 0. The van der Waals surface area contributed by atoms with Crippen LogP contribution < -0.4 is 5.73 Å². The zero-order valence-electron chi connectivity index (χ0n) is 14.7. The minimum Gasteiger partial charge on any atom is -0.372 e. The van der Waals surface area contributed by atoms with Crippen LogP contribution in [-0.4, -0.2) is 45.8 Å². The topological polar surface area (TPSA) is 78.3 Å². The lowest BCUT2D eigenvalue weighted by Crippen LogP contribution is -2.36. The van der Waals surface area contributed by atoms with Crippen molar-refractivity contribution in [2.24, 2.45) is 10.7 Å². The summed E-state index contributed by atoms with van der Waals surface area (Å²) in [5.74, 6) is 1.91. The van der Waals surface area contributed by atoms with Crippen LogP contribution in [0.2, 0.25) is 5.02 Å². The van der Waals surface area contributed by atoms with Gasteiger partial charge in [-0.15, -0.1) is 10.2 Å². The summed E-state index contributed by atoms with van der Waals surface area (Å²) < 4.78 is 7.64. The number of hydrogen-bond donors (Lipinski definition) is 1. The Labute approximate surface area is 157 Å². The summed E-state index contributed by atoms with van der Waals surface area (Å²) in [5.41, 5.74) is 7.65. The third-order valence-corrected chi connectivity index (χ3v) is 5.16. The maximum atomic E-state index is 6.48. The van der Waals surface area contributed by atoms with Gasteiger partial charge in [0.15, 0.2) is 5.82 Å². The smallest absolute Gasteiger partial charge is 0.186 e. The molecule has 1 aromatic heterocycles. The summed E-state index contributed by atoms with van der Waals surface area (Å²) in [6.07, 6.45) is 5.83. The van der Waals surface area contributed by atoms with E-state index in [1.165, 1.54) is 0 Å². The Bertz CT molecular complexity index is 853. The lowest BCUT2D eigenvalue weighted by atomic mass is 9.80. The lowest BCUT2D eigenvalue weighted by Gasteiger charge is -2.32. The molecule has 1 atom stereocenters. The van der Waals surface area contributed by atoms with Crippen molar-refractivity contribution in [1.29, 1.82) is 0 Å². The predicted molar refractivity (Wildman–Crippen MR) is 102 cm³/mol. The Kier molecular flexibility index (Phi) is 4.89. The van der Waals surface area contributed by atoms with E-state index < -0.39 is 0 Å². The van der Waals surface area contributed by atoms with E-state index in [0.717, 1.165) is 30.1 Å². The molecule has 2 aliphatic rings. The molecular formula is C19H22ClN5O. The number of ether oxygens (including phenoxy) is 1. The summed E-state index contributed by atoms with van der Waals surface area (Å²) in [5, 5.41) is 9.58. The maximum Gasteiger partial charge on any atom is 0.186 e. The molecule has 7 heteroatoms. The van der Waals surface area contributed by atoms with Crippen LogP contribution in [-0.2, 0) is 4.74 Å². The van der Waals surface area contributed by atoms with Crippen LogP contribution in [0.15, 0.2) is 41.4 Å². The fourth-order valence-electron chi connectivity index (χ4n) is 3.44. The molecule has 1 fully saturated rings. The van der Waals surface area contributed by atoms with Gasteiger partial charge in [0.1, 0.15) is 11.5 Å². The van der Waals surface area contributed by atoms with Crippen LogP contribution in [0, 0.1) is 0 Å². The molecule has 1 saturated carbocycles. The van der Waals surface area contributed by atoms with Gasteiger partial charge in [-0.25, -0.2) is 0 Å². The first kappa shape index (κ1) is 17.4. The molecule has 1 aliphatic heterocycles. The Morgan fingerprint density at radius 3 is 2.73 bits per heavy atom. The van der Waals surface area contributed by atoms with E-state index in [2.05, 4.69) is 15.2 Å². The van der Waals surface area contributed by atoms with E-state index >= 15 is 0 Å². The van der Waals surface area contributed by atoms with Crippen LogP contribution in [0.4, 0.5) is 0 Å². The molecule has 0 radical (unpaired) electrons. The van der Waals surface area contributed by atoms with Gasteiger partial charge in [0.05, 0.1) is 23.4 Å². The van der Waals surface area contributed by atoms with Gasteiger partial charge in [-0.3, -0.25) is 9.56 Å². The van der Waals surface area contributed by atoms with Gasteiger partial charge in [-0.2, -0.15) is 0 Å². The van der Waals surface area contributed by atoms with E-state index in [1.807, 2.05) is 47.9 Å². The molecular weight excluding hydrogens is 350 g/mol. The third-order valence-electron chi connectivity index (χ3n) is 4.84. The van der Waals surface area contributed by atoms with E-state index in [9.17, 15) is 0 Å². The van der Waals surface area contributed by atoms with E-state index in [4.69, 9.17) is 22.1 Å². The van der Waals surface area contributed by atoms with E-state index in [0.29, 0.717) is 29.9 Å². The van der Waals surface area contributed by atoms with Crippen LogP contribution >= 0.6 is 11.6 Å². The highest BCUT2D eigenvalue weighted by Gasteiger charge is 2.33. The molecule has 136 valence electrons. The first-order chi connectivity index (χ1) is 12.7. The molecule has 26 heavy (non-hydrogen) atoms. The van der Waals surface area contributed by atoms with Crippen molar-refractivity contribution in [2.75, 3.05) is 13.2 Å². The molecule has 2 heterocycles. The fourth-order valence-corrected chi connectivity index (χ4v) is 3.66. The number of hydrogen-bond acceptors (Lipinski definition) is 5. The fraction of sp³-hybridized carbons (Fsp3) is 0.421. The van der Waals surface area contributed by atoms with Crippen molar-refractivity contribution < 1.29 is 4.74 Å². The number of rotatable bonds is 5. The Morgan fingerprint density at radius 1 is 1.27 bits per heavy atom. The van der Waals surface area contributed by atoms with Gasteiger partial charge in [0, 0.05) is 18.6 Å². The van der Waals surface area contributed by atoms with Gasteiger partial charge < -0.3 is 10.5 Å². The summed E-state index contributed by atoms with van der Waals surface area (Å²) in [6.45, 7) is 3.23. The number of aliphatic imine (C=N–C) groups is 1. The second kappa shape index (κ2) is 7.31. The number of benzene rings is 1. The number of nitrogens with zero attached hydrogens (tertiary/aromatic N) is 4. The minimum atomic E-state index is 0.0181. The first-order valence-corrected chi connectivity index (χ1v) is 9.35. The molecule has 0 amide bonds. The average Bonchev–Trinajstić information content (AvgIpc) is 3.04. The number of para-hydroxylation sites is 1. The van der Waals surface area contributed by atoms with E-state index in [-0.39, 0.29) is 12.1 Å². The summed E-state index contributed by atoms with van der Waals surface area (Å²) in [4.78, 5) is 4.66. The second-order valence-corrected chi connectivity index (χ2v) is 7.08. The standard InChI is InChI=1S/C19H22ClN5O/c1-2-26-14-7-8-16(22-11-14)19-24-23-18(12-9-13(21)10-12)25(19)17-6-4-3-5-15(17)20/h3-8,12-14H,2,9-11,21H2,1H3. The van der Waals surface area contributed by atoms with Crippen molar-refractivity contribution >= 4 is 17.3 Å². The highest BCUT2D eigenvalue weighted by atomic mass is 35.5. The van der Waals surface area contributed by atoms with Gasteiger partial charge in [-0.05, 0) is 38.0 Å². The molecule has 0 saturated heterocycles. The first-order valence-electron chi connectivity index (χ1n) is 8.97. The van der Waals surface area contributed by atoms with Gasteiger partial charge in [0.25, 0.3) is 0 Å². The molecule has 2 aromatic rings. The van der Waals surface area contributed by atoms with Crippen molar-refractivity contribution in [1.82, 2.24) is 14.8 Å². The van der Waals surface area contributed by atoms with Crippen molar-refractivity contribution in [3.8, 4) is 5.69 Å². The van der Waals surface area contributed by atoms with Crippen LogP contribution in [0.3, 0.4) is 0 Å². The summed E-state index contributed by atoms with van der Waals surface area (Å²) >= 11 is 6.48. The number of allylic oxidation sites excluding steroid dienone is 1. The Balaban J connectivity index is 1.74. The Morgan fingerprint density at radius 2 is 2.08 bits per heavy atom. The lowest BCUT2D eigenvalue weighted by molar-refractivity contribution is 0.102. The van der Waals surface area contributed by atoms with Gasteiger partial charge in [0.2, 0.25) is 0 Å². The average molecular weight is 372 g/mol. The van der Waals surface area contributed by atoms with Gasteiger partial charge in [-0.1, -0.05) is 29.8 Å². The molecule has 0 spiro atoms. The number of dihydropyridines is 1. The van der Waals surface area contributed by atoms with Crippen molar-refractivity contribution in [3.63, 3.8) is 0 Å². The quantitative estimate of drug-likeness (QED) is 0.876. The number of nitrogens with two attached hydrogens (primary N) is 1. The molecule has 0 bridgehead atoms. The predicted octanol–water partition coefficient (Wildman–Crippen LogP) is 2.89. The van der Waals surface area contributed by atoms with E-state index in [1.54, 1.807) is 0 Å². The van der Waals surface area contributed by atoms with Crippen LogP contribution in [0.1, 0.15) is 37.3 Å². The highest BCUT2D eigenvalue weighted by Crippen LogP contribution is 2.37. The molecule has 4 rings (SSSR count). The summed E-state index contributed by atoms with van der Waals surface area (Å²) in [6, 6.07) is 7.97. The molecule has 6 nitrogen and oxygen atoms in total. The third kappa shape index (κ3) is 3.20. The monoisotopic (exact) mass is 371 g/mol. The van der Waals surface area contributed by atoms with Crippen LogP contribution in [0.5, 0.6) is 0 Å². The molecule has 1 unspecified atom stereocenters. The largest absolute Gasteiger partial charge is 0.372 e. The zero-order chi connectivity index (χ0) is 18.1. The number of halogens is 1. The maximum absolute atomic E-state index is 6.48. The second-order valence-electron chi connectivity index (χ2n) is 6.68. The SMILES string of the molecule is CCOC1C=CC(c2nnc(C3CC(N)C3)n2-c2ccccc2Cl)=NC1. The zero-order valence-corrected chi connectivity index (χ0v) is 15.4. The van der Waals surface area contributed by atoms with Crippen molar-refractivity contribution in [3.05, 3.63) is 53.1 Å². The van der Waals surface area contributed by atoms with Crippen molar-refractivity contribution in [2.45, 2.75) is 37.8 Å². The molecule has 1 aliphatic carbocycles. The Hall–Kier alpha value is -2.02. The normalized spacial score (nSPS) is 25.0.